The first-order valence-corrected chi connectivity index (χ1v) is 8.99. The molecule has 0 saturated heterocycles. The van der Waals surface area contributed by atoms with Crippen LogP contribution < -0.4 is 24.8 Å². The van der Waals surface area contributed by atoms with Crippen molar-refractivity contribution in [2.75, 3.05) is 27.9 Å². The number of hydrogen-bond donors (Lipinski definition) is 2. The fourth-order valence-corrected chi connectivity index (χ4v) is 2.67. The molecule has 0 amide bonds. The summed E-state index contributed by atoms with van der Waals surface area (Å²) in [5.74, 6) is 3.14. The average molecular weight is 499 g/mol. The number of benzene rings is 2. The van der Waals surface area contributed by atoms with Crippen LogP contribution in [0.15, 0.2) is 41.4 Å². The molecule has 2 N–H and O–H groups in total. The van der Waals surface area contributed by atoms with Crippen LogP contribution in [-0.2, 0) is 13.1 Å². The topological polar surface area (TPSA) is 64.1 Å². The van der Waals surface area contributed by atoms with Gasteiger partial charge in [-0.05, 0) is 37.6 Å². The molecule has 2 aromatic rings. The van der Waals surface area contributed by atoms with Crippen LogP contribution in [0.4, 0.5) is 0 Å². The SMILES string of the molecule is CCOc1cc(C)ccc1CNC(=NC)NCc1ccc(OC)cc1OC.I. The molecule has 0 saturated carbocycles. The van der Waals surface area contributed by atoms with Gasteiger partial charge in [-0.15, -0.1) is 24.0 Å². The lowest BCUT2D eigenvalue weighted by atomic mass is 10.1. The Hall–Kier alpha value is -2.16. The molecule has 2 aromatic carbocycles. The summed E-state index contributed by atoms with van der Waals surface area (Å²) in [6.07, 6.45) is 0. The van der Waals surface area contributed by atoms with Crippen molar-refractivity contribution in [3.05, 3.63) is 53.1 Å². The molecule has 0 aliphatic rings. The highest BCUT2D eigenvalue weighted by Crippen LogP contribution is 2.24. The van der Waals surface area contributed by atoms with Gasteiger partial charge in [0.15, 0.2) is 5.96 Å². The molecule has 0 unspecified atom stereocenters. The van der Waals surface area contributed by atoms with E-state index in [-0.39, 0.29) is 24.0 Å². The van der Waals surface area contributed by atoms with E-state index in [0.717, 1.165) is 28.4 Å². The molecule has 0 aliphatic heterocycles. The fraction of sp³-hybridized carbons (Fsp3) is 0.381. The normalized spacial score (nSPS) is 10.7. The molecule has 0 aliphatic carbocycles. The van der Waals surface area contributed by atoms with Gasteiger partial charge in [-0.2, -0.15) is 0 Å². The fourth-order valence-electron chi connectivity index (χ4n) is 2.67. The van der Waals surface area contributed by atoms with Gasteiger partial charge >= 0.3 is 0 Å². The van der Waals surface area contributed by atoms with Crippen LogP contribution in [0.25, 0.3) is 0 Å². The molecular weight excluding hydrogens is 469 g/mol. The number of aliphatic imine (C=N–C) groups is 1. The van der Waals surface area contributed by atoms with Crippen LogP contribution in [0.5, 0.6) is 17.2 Å². The Morgan fingerprint density at radius 2 is 1.57 bits per heavy atom. The predicted octanol–water partition coefficient (Wildman–Crippen LogP) is 3.89. The Labute approximate surface area is 184 Å². The second-order valence-electron chi connectivity index (χ2n) is 6.00. The van der Waals surface area contributed by atoms with Gasteiger partial charge in [0.1, 0.15) is 17.2 Å². The van der Waals surface area contributed by atoms with E-state index in [9.17, 15) is 0 Å². The second-order valence-corrected chi connectivity index (χ2v) is 6.00. The van der Waals surface area contributed by atoms with Gasteiger partial charge in [0.05, 0.1) is 20.8 Å². The van der Waals surface area contributed by atoms with Crippen molar-refractivity contribution in [3.8, 4) is 17.2 Å². The van der Waals surface area contributed by atoms with E-state index in [1.54, 1.807) is 21.3 Å². The van der Waals surface area contributed by atoms with Crippen LogP contribution in [0.1, 0.15) is 23.6 Å². The lowest BCUT2D eigenvalue weighted by Gasteiger charge is -2.16. The van der Waals surface area contributed by atoms with Gasteiger partial charge in [-0.25, -0.2) is 0 Å². The maximum Gasteiger partial charge on any atom is 0.191 e. The molecule has 2 rings (SSSR count). The Kier molecular flexibility index (Phi) is 10.5. The molecule has 0 bridgehead atoms. The summed E-state index contributed by atoms with van der Waals surface area (Å²) >= 11 is 0. The van der Waals surface area contributed by atoms with E-state index in [1.807, 2.05) is 25.1 Å². The number of nitrogens with zero attached hydrogens (tertiary/aromatic N) is 1. The van der Waals surface area contributed by atoms with Gasteiger partial charge in [0, 0.05) is 37.3 Å². The quantitative estimate of drug-likeness (QED) is 0.328. The maximum absolute atomic E-state index is 5.74. The summed E-state index contributed by atoms with van der Waals surface area (Å²) in [7, 11) is 5.04. The minimum absolute atomic E-state index is 0. The minimum Gasteiger partial charge on any atom is -0.497 e. The third-order valence-corrected chi connectivity index (χ3v) is 4.13. The number of methoxy groups -OCH3 is 2. The van der Waals surface area contributed by atoms with Crippen molar-refractivity contribution in [1.29, 1.82) is 0 Å². The van der Waals surface area contributed by atoms with Gasteiger partial charge in [-0.1, -0.05) is 12.1 Å². The molecule has 154 valence electrons. The molecule has 0 spiro atoms. The molecule has 0 atom stereocenters. The smallest absolute Gasteiger partial charge is 0.191 e. The Bertz CT molecular complexity index is 781. The zero-order valence-electron chi connectivity index (χ0n) is 17.2. The zero-order chi connectivity index (χ0) is 19.6. The predicted molar refractivity (Wildman–Crippen MR) is 124 cm³/mol. The van der Waals surface area contributed by atoms with Gasteiger partial charge < -0.3 is 24.8 Å². The number of ether oxygens (including phenoxy) is 3. The lowest BCUT2D eigenvalue weighted by molar-refractivity contribution is 0.336. The molecule has 6 nitrogen and oxygen atoms in total. The summed E-state index contributed by atoms with van der Waals surface area (Å²) in [4.78, 5) is 4.29. The monoisotopic (exact) mass is 499 g/mol. The van der Waals surface area contributed by atoms with E-state index in [2.05, 4.69) is 40.7 Å². The molecule has 0 aromatic heterocycles. The number of hydrogen-bond acceptors (Lipinski definition) is 4. The molecule has 7 heteroatoms. The molecule has 0 heterocycles. The van der Waals surface area contributed by atoms with Crippen molar-refractivity contribution >= 4 is 29.9 Å². The van der Waals surface area contributed by atoms with Crippen LogP contribution in [-0.4, -0.2) is 33.8 Å². The molecule has 0 fully saturated rings. The summed E-state index contributed by atoms with van der Waals surface area (Å²) in [6, 6.07) is 12.0. The van der Waals surface area contributed by atoms with Crippen molar-refractivity contribution in [2.45, 2.75) is 26.9 Å². The van der Waals surface area contributed by atoms with E-state index in [4.69, 9.17) is 14.2 Å². The van der Waals surface area contributed by atoms with Crippen molar-refractivity contribution in [3.63, 3.8) is 0 Å². The summed E-state index contributed by atoms with van der Waals surface area (Å²) < 4.78 is 16.4. The maximum atomic E-state index is 5.74. The number of aryl methyl sites for hydroxylation is 1. The summed E-state index contributed by atoms with van der Waals surface area (Å²) in [6.45, 7) is 5.89. The largest absolute Gasteiger partial charge is 0.497 e. The van der Waals surface area contributed by atoms with Gasteiger partial charge in [-0.3, -0.25) is 4.99 Å². The minimum atomic E-state index is 0. The van der Waals surface area contributed by atoms with Crippen molar-refractivity contribution in [1.82, 2.24) is 10.6 Å². The standard InChI is InChI=1S/C21H29N3O3.HI/c1-6-27-20-11-15(2)7-8-17(20)14-24-21(22-3)23-13-16-9-10-18(25-4)12-19(16)26-5;/h7-12H,6,13-14H2,1-5H3,(H2,22,23,24);1H. The highest BCUT2D eigenvalue weighted by Gasteiger charge is 2.08. The Balaban J connectivity index is 0.00000392. The van der Waals surface area contributed by atoms with E-state index >= 15 is 0 Å². The van der Waals surface area contributed by atoms with Crippen LogP contribution >= 0.6 is 24.0 Å². The summed E-state index contributed by atoms with van der Waals surface area (Å²) in [5.41, 5.74) is 3.29. The van der Waals surface area contributed by atoms with Gasteiger partial charge in [0.2, 0.25) is 0 Å². The zero-order valence-corrected chi connectivity index (χ0v) is 19.5. The molecule has 28 heavy (non-hydrogen) atoms. The highest BCUT2D eigenvalue weighted by molar-refractivity contribution is 14.0. The first kappa shape index (κ1) is 23.9. The highest BCUT2D eigenvalue weighted by atomic mass is 127. The summed E-state index contributed by atoms with van der Waals surface area (Å²) in [5, 5.41) is 6.64. The van der Waals surface area contributed by atoms with E-state index < -0.39 is 0 Å². The van der Waals surface area contributed by atoms with Crippen molar-refractivity contribution in [2.24, 2.45) is 4.99 Å². The first-order valence-electron chi connectivity index (χ1n) is 8.99. The van der Waals surface area contributed by atoms with Crippen LogP contribution in [0.3, 0.4) is 0 Å². The van der Waals surface area contributed by atoms with Crippen molar-refractivity contribution < 1.29 is 14.2 Å². The average Bonchev–Trinajstić information content (AvgIpc) is 2.69. The number of nitrogens with one attached hydrogen (secondary N) is 2. The van der Waals surface area contributed by atoms with Gasteiger partial charge in [0.25, 0.3) is 0 Å². The first-order chi connectivity index (χ1) is 13.1. The van der Waals surface area contributed by atoms with E-state index in [1.165, 1.54) is 5.56 Å². The second kappa shape index (κ2) is 12.3. The molecular formula is C21H30IN3O3. The number of guanidine groups is 1. The Morgan fingerprint density at radius 1 is 0.929 bits per heavy atom. The molecule has 0 radical (unpaired) electrons. The van der Waals surface area contributed by atoms with E-state index in [0.29, 0.717) is 25.7 Å². The Morgan fingerprint density at radius 3 is 2.14 bits per heavy atom. The van der Waals surface area contributed by atoms with Crippen LogP contribution in [0.2, 0.25) is 0 Å². The third kappa shape index (κ3) is 6.78. The third-order valence-electron chi connectivity index (χ3n) is 4.13. The lowest BCUT2D eigenvalue weighted by Crippen LogP contribution is -2.36. The number of halogens is 1. The number of rotatable bonds is 8. The van der Waals surface area contributed by atoms with Crippen LogP contribution in [0, 0.1) is 6.92 Å².